The molecular formula is C13H19N3O3. The van der Waals surface area contributed by atoms with E-state index in [2.05, 4.69) is 0 Å². The second kappa shape index (κ2) is 6.63. The average Bonchev–Trinajstić information content (AvgIpc) is 2.82. The molecule has 0 unspecified atom stereocenters. The predicted molar refractivity (Wildman–Crippen MR) is 72.9 cm³/mol. The van der Waals surface area contributed by atoms with Crippen LogP contribution in [0.15, 0.2) is 18.2 Å². The van der Waals surface area contributed by atoms with Gasteiger partial charge >= 0.3 is 12.0 Å². The van der Waals surface area contributed by atoms with Gasteiger partial charge in [0.1, 0.15) is 0 Å². The van der Waals surface area contributed by atoms with E-state index in [1.54, 1.807) is 24.0 Å². The summed E-state index contributed by atoms with van der Waals surface area (Å²) in [4.78, 5) is 22.5. The molecule has 0 bridgehead atoms. The molecule has 0 saturated carbocycles. The Hall–Kier alpha value is -2.24. The summed E-state index contributed by atoms with van der Waals surface area (Å²) in [5.74, 6) is -0.914. The van der Waals surface area contributed by atoms with Gasteiger partial charge in [-0.3, -0.25) is 0 Å². The number of nitrogens with two attached hydrogens (primary N) is 2. The molecule has 1 aliphatic rings. The van der Waals surface area contributed by atoms with Gasteiger partial charge in [-0.1, -0.05) is 0 Å². The summed E-state index contributed by atoms with van der Waals surface area (Å²) < 4.78 is 0. The van der Waals surface area contributed by atoms with Crippen LogP contribution in [0, 0.1) is 6.92 Å². The number of carbonyl (C=O) groups excluding carboxylic acids is 1. The van der Waals surface area contributed by atoms with Gasteiger partial charge in [0.05, 0.1) is 5.56 Å². The Bertz CT molecular complexity index is 468. The molecule has 1 aromatic rings. The smallest absolute Gasteiger partial charge is 0.335 e. The van der Waals surface area contributed by atoms with Crippen LogP contribution < -0.4 is 11.5 Å². The lowest BCUT2D eigenvalue weighted by molar-refractivity contribution is 0.0696. The van der Waals surface area contributed by atoms with Gasteiger partial charge in [-0.2, -0.15) is 0 Å². The molecule has 1 aliphatic heterocycles. The molecule has 0 aromatic heterocycles. The summed E-state index contributed by atoms with van der Waals surface area (Å²) in [5.41, 5.74) is 12.0. The first-order valence-corrected chi connectivity index (χ1v) is 6.05. The number of aromatic carboxylic acids is 1. The Morgan fingerprint density at radius 3 is 2.21 bits per heavy atom. The number of urea groups is 1. The van der Waals surface area contributed by atoms with Gasteiger partial charge < -0.3 is 21.5 Å². The van der Waals surface area contributed by atoms with E-state index >= 15 is 0 Å². The number of primary amides is 1. The number of anilines is 1. The monoisotopic (exact) mass is 265 g/mol. The molecule has 104 valence electrons. The SMILES string of the molecule is Cc1cc(N)ccc1C(=O)O.NC(=O)N1CCCC1. The summed E-state index contributed by atoms with van der Waals surface area (Å²) in [6, 6.07) is 4.45. The van der Waals surface area contributed by atoms with Crippen molar-refractivity contribution in [2.24, 2.45) is 5.73 Å². The zero-order valence-corrected chi connectivity index (χ0v) is 10.9. The standard InChI is InChI=1S/C8H9NO2.C5H10N2O/c1-5-4-6(9)2-3-7(5)8(10)11;6-5(8)7-3-1-2-4-7/h2-4H,9H2,1H3,(H,10,11);1-4H2,(H2,6,8). The van der Waals surface area contributed by atoms with Crippen LogP contribution in [-0.2, 0) is 0 Å². The van der Waals surface area contributed by atoms with Crippen LogP contribution in [0.5, 0.6) is 0 Å². The third kappa shape index (κ3) is 4.50. The number of carboxylic acids is 1. The highest BCUT2D eigenvalue weighted by molar-refractivity contribution is 5.89. The number of nitrogen functional groups attached to an aromatic ring is 1. The fourth-order valence-corrected chi connectivity index (χ4v) is 1.86. The number of rotatable bonds is 1. The van der Waals surface area contributed by atoms with E-state index in [0.29, 0.717) is 16.8 Å². The van der Waals surface area contributed by atoms with Crippen LogP contribution in [0.25, 0.3) is 0 Å². The summed E-state index contributed by atoms with van der Waals surface area (Å²) in [7, 11) is 0. The zero-order chi connectivity index (χ0) is 14.4. The van der Waals surface area contributed by atoms with E-state index in [9.17, 15) is 9.59 Å². The number of carbonyl (C=O) groups is 2. The van der Waals surface area contributed by atoms with Crippen molar-refractivity contribution in [2.45, 2.75) is 19.8 Å². The normalized spacial score (nSPS) is 13.6. The van der Waals surface area contributed by atoms with E-state index in [1.807, 2.05) is 0 Å². The zero-order valence-electron chi connectivity index (χ0n) is 10.9. The van der Waals surface area contributed by atoms with Crippen LogP contribution in [0.2, 0.25) is 0 Å². The second-order valence-electron chi connectivity index (χ2n) is 4.41. The van der Waals surface area contributed by atoms with Gasteiger partial charge in [0.15, 0.2) is 0 Å². The number of likely N-dealkylation sites (tertiary alicyclic amines) is 1. The minimum absolute atomic E-state index is 0.275. The van der Waals surface area contributed by atoms with Gasteiger partial charge in [0.2, 0.25) is 0 Å². The molecule has 0 atom stereocenters. The lowest BCUT2D eigenvalue weighted by Gasteiger charge is -2.09. The van der Waals surface area contributed by atoms with E-state index in [0.717, 1.165) is 25.9 Å². The molecule has 1 fully saturated rings. The Morgan fingerprint density at radius 2 is 1.84 bits per heavy atom. The molecule has 19 heavy (non-hydrogen) atoms. The lowest BCUT2D eigenvalue weighted by atomic mass is 10.1. The van der Waals surface area contributed by atoms with Crippen LogP contribution in [0.4, 0.5) is 10.5 Å². The number of carboxylic acid groups (broad SMARTS) is 1. The maximum atomic E-state index is 10.5. The van der Waals surface area contributed by atoms with Crippen molar-refractivity contribution < 1.29 is 14.7 Å². The summed E-state index contributed by atoms with van der Waals surface area (Å²) in [5, 5.41) is 8.62. The van der Waals surface area contributed by atoms with Crippen molar-refractivity contribution in [3.8, 4) is 0 Å². The molecule has 0 aliphatic carbocycles. The van der Waals surface area contributed by atoms with E-state index in [4.69, 9.17) is 16.6 Å². The highest BCUT2D eigenvalue weighted by Crippen LogP contribution is 2.11. The van der Waals surface area contributed by atoms with Crippen molar-refractivity contribution in [1.82, 2.24) is 4.90 Å². The Kier molecular flexibility index (Phi) is 5.17. The van der Waals surface area contributed by atoms with Gasteiger partial charge in [0, 0.05) is 18.8 Å². The molecular weight excluding hydrogens is 246 g/mol. The fourth-order valence-electron chi connectivity index (χ4n) is 1.86. The Labute approximate surface area is 112 Å². The maximum Gasteiger partial charge on any atom is 0.335 e. The second-order valence-corrected chi connectivity index (χ2v) is 4.41. The molecule has 2 rings (SSSR count). The van der Waals surface area contributed by atoms with Gasteiger partial charge in [-0.25, -0.2) is 9.59 Å². The number of hydrogen-bond acceptors (Lipinski definition) is 3. The first kappa shape index (κ1) is 14.8. The molecule has 1 aromatic carbocycles. The quantitative estimate of drug-likeness (QED) is 0.667. The fraction of sp³-hybridized carbons (Fsp3) is 0.385. The molecule has 1 heterocycles. The Morgan fingerprint density at radius 1 is 1.26 bits per heavy atom. The number of aryl methyl sites for hydroxylation is 1. The summed E-state index contributed by atoms with van der Waals surface area (Å²) in [6.07, 6.45) is 2.23. The van der Waals surface area contributed by atoms with E-state index in [1.165, 1.54) is 6.07 Å². The predicted octanol–water partition coefficient (Wildman–Crippen LogP) is 1.44. The number of benzene rings is 1. The summed E-state index contributed by atoms with van der Waals surface area (Å²) in [6.45, 7) is 3.44. The molecule has 0 spiro atoms. The average molecular weight is 265 g/mol. The molecule has 6 nitrogen and oxygen atoms in total. The van der Waals surface area contributed by atoms with Crippen LogP contribution >= 0.6 is 0 Å². The highest BCUT2D eigenvalue weighted by atomic mass is 16.4. The van der Waals surface area contributed by atoms with Crippen molar-refractivity contribution in [3.05, 3.63) is 29.3 Å². The van der Waals surface area contributed by atoms with E-state index in [-0.39, 0.29) is 6.03 Å². The van der Waals surface area contributed by atoms with Crippen LogP contribution in [0.3, 0.4) is 0 Å². The third-order valence-electron chi connectivity index (χ3n) is 2.90. The lowest BCUT2D eigenvalue weighted by Crippen LogP contribution is -2.32. The van der Waals surface area contributed by atoms with Crippen molar-refractivity contribution in [1.29, 1.82) is 0 Å². The van der Waals surface area contributed by atoms with E-state index < -0.39 is 5.97 Å². The highest BCUT2D eigenvalue weighted by Gasteiger charge is 2.13. The molecule has 5 N–H and O–H groups in total. The van der Waals surface area contributed by atoms with Crippen LogP contribution in [0.1, 0.15) is 28.8 Å². The van der Waals surface area contributed by atoms with Crippen molar-refractivity contribution in [2.75, 3.05) is 18.8 Å². The number of nitrogens with zero attached hydrogens (tertiary/aromatic N) is 1. The first-order chi connectivity index (χ1) is 8.91. The molecule has 1 saturated heterocycles. The van der Waals surface area contributed by atoms with Crippen molar-refractivity contribution in [3.63, 3.8) is 0 Å². The van der Waals surface area contributed by atoms with Crippen molar-refractivity contribution >= 4 is 17.7 Å². The Balaban J connectivity index is 0.000000200. The summed E-state index contributed by atoms with van der Waals surface area (Å²) >= 11 is 0. The van der Waals surface area contributed by atoms with Gasteiger partial charge in [-0.05, 0) is 43.5 Å². The number of hydrogen-bond donors (Lipinski definition) is 3. The largest absolute Gasteiger partial charge is 0.478 e. The van der Waals surface area contributed by atoms with Gasteiger partial charge in [0.25, 0.3) is 0 Å². The molecule has 2 amide bonds. The maximum absolute atomic E-state index is 10.5. The number of amides is 2. The van der Waals surface area contributed by atoms with Crippen LogP contribution in [-0.4, -0.2) is 35.1 Å². The molecule has 6 heteroatoms. The topological polar surface area (TPSA) is 110 Å². The minimum atomic E-state index is -0.914. The molecule has 0 radical (unpaired) electrons. The third-order valence-corrected chi connectivity index (χ3v) is 2.90. The van der Waals surface area contributed by atoms with Gasteiger partial charge in [-0.15, -0.1) is 0 Å². The first-order valence-electron chi connectivity index (χ1n) is 6.05. The minimum Gasteiger partial charge on any atom is -0.478 e.